The van der Waals surface area contributed by atoms with E-state index in [1.54, 1.807) is 0 Å². The fourth-order valence-electron chi connectivity index (χ4n) is 0.779. The molecule has 1 heterocycles. The first-order chi connectivity index (χ1) is 4.43. The van der Waals surface area contributed by atoms with Crippen molar-refractivity contribution in [3.8, 4) is 0 Å². The van der Waals surface area contributed by atoms with Gasteiger partial charge in [0, 0.05) is 12.4 Å². The van der Waals surface area contributed by atoms with Gasteiger partial charge in [0.1, 0.15) is 0 Å². The fourth-order valence-corrected chi connectivity index (χ4v) is 1.96. The van der Waals surface area contributed by atoms with Crippen LogP contribution in [0.25, 0.3) is 0 Å². The van der Waals surface area contributed by atoms with Crippen LogP contribution in [0.3, 0.4) is 0 Å². The minimum absolute atomic E-state index is 0.0359. The van der Waals surface area contributed by atoms with E-state index >= 15 is 0 Å². The Kier molecular flexibility index (Phi) is 2.51. The van der Waals surface area contributed by atoms with E-state index in [2.05, 4.69) is 16.9 Å². The van der Waals surface area contributed by atoms with Gasteiger partial charge < -0.3 is 4.98 Å². The summed E-state index contributed by atoms with van der Waals surface area (Å²) in [7, 11) is -0.0359. The van der Waals surface area contributed by atoms with Crippen LogP contribution in [0.5, 0.6) is 0 Å². The van der Waals surface area contributed by atoms with Crippen molar-refractivity contribution in [2.75, 3.05) is 0 Å². The molecular weight excluding hydrogens is 128 g/mol. The summed E-state index contributed by atoms with van der Waals surface area (Å²) in [6, 6.07) is 1.37. The lowest BCUT2D eigenvalue weighted by atomic mass is 10.6. The lowest BCUT2D eigenvalue weighted by molar-refractivity contribution is 1.07. The van der Waals surface area contributed by atoms with Crippen LogP contribution < -0.4 is 5.45 Å². The first-order valence-electron chi connectivity index (χ1n) is 3.41. The van der Waals surface area contributed by atoms with Crippen LogP contribution in [0.2, 0.25) is 6.04 Å². The molecule has 1 rings (SSSR count). The lowest BCUT2D eigenvalue weighted by Gasteiger charge is -1.89. The maximum Gasteiger partial charge on any atom is 0.1000 e. The van der Waals surface area contributed by atoms with Gasteiger partial charge in [-0.15, -0.1) is 0 Å². The number of imidazole rings is 1. The predicted octanol–water partition coefficient (Wildman–Crippen LogP) is 0.0321. The smallest absolute Gasteiger partial charge is 0.1000 e. The molecule has 0 bridgehead atoms. The number of rotatable bonds is 3. The van der Waals surface area contributed by atoms with Gasteiger partial charge in [0.15, 0.2) is 0 Å². The third-order valence-electron chi connectivity index (χ3n) is 1.32. The highest BCUT2D eigenvalue weighted by atomic mass is 28.2. The average molecular weight is 140 g/mol. The molecular formula is C6H12N2Si. The molecule has 9 heavy (non-hydrogen) atoms. The van der Waals surface area contributed by atoms with Crippen molar-refractivity contribution >= 4 is 15.0 Å². The Bertz CT molecular complexity index is 148. The molecule has 0 aromatic carbocycles. The predicted molar refractivity (Wildman–Crippen MR) is 41.9 cm³/mol. The maximum absolute atomic E-state index is 4.16. The van der Waals surface area contributed by atoms with Gasteiger partial charge >= 0.3 is 0 Å². The Morgan fingerprint density at radius 1 is 1.78 bits per heavy atom. The van der Waals surface area contributed by atoms with Crippen molar-refractivity contribution in [2.45, 2.75) is 19.4 Å². The number of H-pyrrole nitrogens is 1. The van der Waals surface area contributed by atoms with Crippen molar-refractivity contribution < 1.29 is 0 Å². The van der Waals surface area contributed by atoms with Crippen molar-refractivity contribution in [3.63, 3.8) is 0 Å². The van der Waals surface area contributed by atoms with E-state index in [-0.39, 0.29) is 9.52 Å². The Morgan fingerprint density at radius 3 is 3.22 bits per heavy atom. The quantitative estimate of drug-likeness (QED) is 0.590. The molecule has 0 aliphatic carbocycles. The second-order valence-electron chi connectivity index (χ2n) is 2.14. The van der Waals surface area contributed by atoms with Gasteiger partial charge in [-0.05, 0) is 0 Å². The van der Waals surface area contributed by atoms with Gasteiger partial charge in [-0.2, -0.15) is 0 Å². The van der Waals surface area contributed by atoms with Crippen LogP contribution in [0.1, 0.15) is 13.3 Å². The monoisotopic (exact) mass is 140 g/mol. The zero-order chi connectivity index (χ0) is 6.53. The Labute approximate surface area is 57.5 Å². The lowest BCUT2D eigenvalue weighted by Crippen LogP contribution is -2.17. The number of aromatic amines is 1. The van der Waals surface area contributed by atoms with Crippen LogP contribution in [-0.4, -0.2) is 19.5 Å². The second kappa shape index (κ2) is 3.45. The Balaban J connectivity index is 2.30. The summed E-state index contributed by atoms with van der Waals surface area (Å²) in [5, 5.41) is 0. The Morgan fingerprint density at radius 2 is 2.67 bits per heavy atom. The highest BCUT2D eigenvalue weighted by Crippen LogP contribution is 1.82. The van der Waals surface area contributed by atoms with Crippen LogP contribution in [0.15, 0.2) is 12.4 Å². The van der Waals surface area contributed by atoms with Crippen molar-refractivity contribution in [3.05, 3.63) is 12.4 Å². The van der Waals surface area contributed by atoms with E-state index < -0.39 is 0 Å². The topological polar surface area (TPSA) is 28.7 Å². The van der Waals surface area contributed by atoms with E-state index in [1.165, 1.54) is 17.9 Å². The molecule has 0 radical (unpaired) electrons. The summed E-state index contributed by atoms with van der Waals surface area (Å²) in [5.41, 5.74) is 1.25. The highest BCUT2D eigenvalue weighted by Gasteiger charge is 1.91. The molecule has 0 aliphatic heterocycles. The molecule has 0 aliphatic rings. The van der Waals surface area contributed by atoms with Crippen molar-refractivity contribution in [1.29, 1.82) is 0 Å². The van der Waals surface area contributed by atoms with E-state index in [0.717, 1.165) is 0 Å². The number of hydrogen-bond acceptors (Lipinski definition) is 1. The first kappa shape index (κ1) is 6.55. The van der Waals surface area contributed by atoms with Gasteiger partial charge in [0.2, 0.25) is 0 Å². The molecule has 0 saturated heterocycles. The van der Waals surface area contributed by atoms with E-state index in [1.807, 2.05) is 12.4 Å². The molecule has 0 saturated carbocycles. The molecule has 0 fully saturated rings. The van der Waals surface area contributed by atoms with Gasteiger partial charge in [-0.3, -0.25) is 0 Å². The third kappa shape index (κ3) is 2.01. The summed E-state index contributed by atoms with van der Waals surface area (Å²) in [6.45, 7) is 2.22. The number of aromatic nitrogens is 2. The molecule has 1 N–H and O–H groups in total. The molecule has 2 nitrogen and oxygen atoms in total. The molecule has 0 amide bonds. The van der Waals surface area contributed by atoms with Crippen LogP contribution in [-0.2, 0) is 0 Å². The Hall–Kier alpha value is -0.573. The van der Waals surface area contributed by atoms with Crippen molar-refractivity contribution in [2.24, 2.45) is 0 Å². The number of nitrogens with one attached hydrogen (secondary N) is 1. The van der Waals surface area contributed by atoms with Crippen LogP contribution in [0.4, 0.5) is 0 Å². The normalized spacial score (nSPS) is 11.2. The standard InChI is InChI=1S/C6H12N2Si/c1-2-5-9-6-7-3-4-8-6/h3-4H,2,5,9H2,1H3,(H,7,8). The van der Waals surface area contributed by atoms with E-state index in [9.17, 15) is 0 Å². The molecule has 1 aromatic rings. The van der Waals surface area contributed by atoms with Crippen LogP contribution in [0, 0.1) is 0 Å². The van der Waals surface area contributed by atoms with Crippen LogP contribution >= 0.6 is 0 Å². The summed E-state index contributed by atoms with van der Waals surface area (Å²) >= 11 is 0. The van der Waals surface area contributed by atoms with Gasteiger partial charge in [0.05, 0.1) is 15.0 Å². The molecule has 0 unspecified atom stereocenters. The largest absolute Gasteiger partial charge is 0.353 e. The minimum atomic E-state index is -0.0359. The zero-order valence-corrected chi connectivity index (χ0v) is 7.14. The molecule has 0 spiro atoms. The second-order valence-corrected chi connectivity index (χ2v) is 4.02. The van der Waals surface area contributed by atoms with E-state index in [0.29, 0.717) is 0 Å². The molecule has 50 valence electrons. The van der Waals surface area contributed by atoms with E-state index in [4.69, 9.17) is 0 Å². The summed E-state index contributed by atoms with van der Waals surface area (Å²) in [6.07, 6.45) is 5.03. The minimum Gasteiger partial charge on any atom is -0.353 e. The van der Waals surface area contributed by atoms with Gasteiger partial charge in [-0.25, -0.2) is 4.98 Å². The maximum atomic E-state index is 4.16. The summed E-state index contributed by atoms with van der Waals surface area (Å²) in [4.78, 5) is 7.28. The number of nitrogens with zero attached hydrogens (tertiary/aromatic N) is 1. The SMILES string of the molecule is CCC[SiH2]c1ncc[nH]1. The first-order valence-corrected chi connectivity index (χ1v) is 5.12. The summed E-state index contributed by atoms with van der Waals surface area (Å²) in [5.74, 6) is 0. The average Bonchev–Trinajstić information content (AvgIpc) is 2.34. The van der Waals surface area contributed by atoms with Gasteiger partial charge in [-0.1, -0.05) is 19.4 Å². The molecule has 3 heteroatoms. The molecule has 0 atom stereocenters. The van der Waals surface area contributed by atoms with Crippen molar-refractivity contribution in [1.82, 2.24) is 9.97 Å². The molecule has 1 aromatic heterocycles. The third-order valence-corrected chi connectivity index (χ3v) is 3.24. The van der Waals surface area contributed by atoms with Gasteiger partial charge in [0.25, 0.3) is 0 Å². The summed E-state index contributed by atoms with van der Waals surface area (Å²) < 4.78 is 0. The fraction of sp³-hybridized carbons (Fsp3) is 0.500. The highest BCUT2D eigenvalue weighted by molar-refractivity contribution is 6.51. The zero-order valence-electron chi connectivity index (χ0n) is 5.72. The number of hydrogen-bond donors (Lipinski definition) is 1.